The van der Waals surface area contributed by atoms with Gasteiger partial charge in [-0.2, -0.15) is 0 Å². The number of thiazole rings is 1. The predicted molar refractivity (Wildman–Crippen MR) is 87.1 cm³/mol. The van der Waals surface area contributed by atoms with Crippen molar-refractivity contribution in [2.45, 2.75) is 33.1 Å². The summed E-state index contributed by atoms with van der Waals surface area (Å²) < 4.78 is 13.4. The molecule has 0 spiro atoms. The molecule has 2 N–H and O–H groups in total. The van der Waals surface area contributed by atoms with Crippen LogP contribution in [0.4, 0.5) is 9.52 Å². The summed E-state index contributed by atoms with van der Waals surface area (Å²) in [6, 6.07) is 4.50. The molecule has 5 nitrogen and oxygen atoms in total. The maximum atomic E-state index is 13.4. The highest BCUT2D eigenvalue weighted by Crippen LogP contribution is 2.32. The number of hydrogen-bond donors (Lipinski definition) is 2. The Labute approximate surface area is 137 Å². The SMILES string of the molecule is CCCC(=O)Nc1nc(-c2ccc(F)c(C)c2)c(CC(=O)O)s1. The monoisotopic (exact) mass is 336 g/mol. The van der Waals surface area contributed by atoms with E-state index >= 15 is 0 Å². The van der Waals surface area contributed by atoms with Crippen molar-refractivity contribution in [1.29, 1.82) is 0 Å². The summed E-state index contributed by atoms with van der Waals surface area (Å²) >= 11 is 1.13. The van der Waals surface area contributed by atoms with Gasteiger partial charge >= 0.3 is 5.97 Å². The van der Waals surface area contributed by atoms with E-state index in [1.54, 1.807) is 19.1 Å². The van der Waals surface area contributed by atoms with Crippen molar-refractivity contribution in [3.63, 3.8) is 0 Å². The van der Waals surface area contributed by atoms with E-state index in [0.29, 0.717) is 39.7 Å². The van der Waals surface area contributed by atoms with E-state index in [0.717, 1.165) is 11.3 Å². The Bertz CT molecular complexity index is 743. The molecular formula is C16H17FN2O3S. The number of aromatic nitrogens is 1. The molecule has 2 rings (SSSR count). The smallest absolute Gasteiger partial charge is 0.308 e. The maximum absolute atomic E-state index is 13.4. The lowest BCUT2D eigenvalue weighted by atomic mass is 10.1. The molecule has 0 saturated carbocycles. The van der Waals surface area contributed by atoms with E-state index in [9.17, 15) is 14.0 Å². The van der Waals surface area contributed by atoms with Crippen LogP contribution in [0.2, 0.25) is 0 Å². The molecule has 0 aliphatic carbocycles. The fourth-order valence-electron chi connectivity index (χ4n) is 2.09. The van der Waals surface area contributed by atoms with E-state index in [4.69, 9.17) is 5.11 Å². The van der Waals surface area contributed by atoms with Gasteiger partial charge in [-0.05, 0) is 37.1 Å². The van der Waals surface area contributed by atoms with Crippen molar-refractivity contribution in [3.8, 4) is 11.3 Å². The molecule has 1 amide bonds. The van der Waals surface area contributed by atoms with Crippen molar-refractivity contribution in [2.75, 3.05) is 5.32 Å². The van der Waals surface area contributed by atoms with Crippen LogP contribution in [0.25, 0.3) is 11.3 Å². The lowest BCUT2D eigenvalue weighted by Gasteiger charge is -2.03. The molecule has 122 valence electrons. The molecule has 1 aromatic carbocycles. The van der Waals surface area contributed by atoms with Gasteiger partial charge in [0.25, 0.3) is 0 Å². The summed E-state index contributed by atoms with van der Waals surface area (Å²) in [5, 5.41) is 12.1. The van der Waals surface area contributed by atoms with Gasteiger partial charge in [0.05, 0.1) is 12.1 Å². The first-order valence-electron chi connectivity index (χ1n) is 7.18. The summed E-state index contributed by atoms with van der Waals surface area (Å²) in [5.41, 5.74) is 1.55. The fourth-order valence-corrected chi connectivity index (χ4v) is 3.08. The minimum absolute atomic E-state index is 0.162. The zero-order chi connectivity index (χ0) is 17.0. The van der Waals surface area contributed by atoms with Gasteiger partial charge in [0.2, 0.25) is 5.91 Å². The molecule has 0 atom stereocenters. The van der Waals surface area contributed by atoms with Gasteiger partial charge in [0, 0.05) is 16.9 Å². The number of nitrogens with one attached hydrogen (secondary N) is 1. The Morgan fingerprint density at radius 1 is 1.39 bits per heavy atom. The summed E-state index contributed by atoms with van der Waals surface area (Å²) in [4.78, 5) is 27.6. The molecular weight excluding hydrogens is 319 g/mol. The number of hydrogen-bond acceptors (Lipinski definition) is 4. The maximum Gasteiger partial charge on any atom is 0.308 e. The normalized spacial score (nSPS) is 10.6. The Morgan fingerprint density at radius 2 is 2.13 bits per heavy atom. The van der Waals surface area contributed by atoms with Gasteiger partial charge in [-0.25, -0.2) is 9.37 Å². The summed E-state index contributed by atoms with van der Waals surface area (Å²) in [5.74, 6) is -1.48. The number of amides is 1. The van der Waals surface area contributed by atoms with Crippen LogP contribution in [-0.2, 0) is 16.0 Å². The van der Waals surface area contributed by atoms with Crippen molar-refractivity contribution in [1.82, 2.24) is 4.98 Å². The van der Waals surface area contributed by atoms with Gasteiger partial charge in [0.1, 0.15) is 5.82 Å². The minimum Gasteiger partial charge on any atom is -0.481 e. The molecule has 23 heavy (non-hydrogen) atoms. The second-order valence-electron chi connectivity index (χ2n) is 5.12. The zero-order valence-corrected chi connectivity index (χ0v) is 13.7. The zero-order valence-electron chi connectivity index (χ0n) is 12.9. The van der Waals surface area contributed by atoms with Crippen LogP contribution in [0.1, 0.15) is 30.2 Å². The number of rotatable bonds is 6. The van der Waals surface area contributed by atoms with Crippen LogP contribution < -0.4 is 5.32 Å². The quantitative estimate of drug-likeness (QED) is 0.844. The molecule has 0 aliphatic heterocycles. The predicted octanol–water partition coefficient (Wildman–Crippen LogP) is 3.62. The summed E-state index contributed by atoms with van der Waals surface area (Å²) in [6.45, 7) is 3.52. The van der Waals surface area contributed by atoms with Gasteiger partial charge in [-0.15, -0.1) is 11.3 Å². The van der Waals surface area contributed by atoms with Crippen molar-refractivity contribution in [3.05, 3.63) is 34.5 Å². The molecule has 0 unspecified atom stereocenters. The minimum atomic E-state index is -0.986. The van der Waals surface area contributed by atoms with E-state index in [1.165, 1.54) is 6.07 Å². The first-order chi connectivity index (χ1) is 10.9. The summed E-state index contributed by atoms with van der Waals surface area (Å²) in [6.07, 6.45) is 0.884. The molecule has 0 bridgehead atoms. The van der Waals surface area contributed by atoms with Gasteiger partial charge in [0.15, 0.2) is 5.13 Å². The van der Waals surface area contributed by atoms with Crippen molar-refractivity contribution < 1.29 is 19.1 Å². The second-order valence-corrected chi connectivity index (χ2v) is 6.21. The second kappa shape index (κ2) is 7.32. The first-order valence-corrected chi connectivity index (χ1v) is 8.00. The third-order valence-corrected chi connectivity index (χ3v) is 4.13. The highest BCUT2D eigenvalue weighted by molar-refractivity contribution is 7.16. The molecule has 0 fully saturated rings. The Morgan fingerprint density at radius 3 is 2.74 bits per heavy atom. The number of carboxylic acids is 1. The van der Waals surface area contributed by atoms with E-state index in [1.807, 2.05) is 6.92 Å². The van der Waals surface area contributed by atoms with Crippen molar-refractivity contribution >= 4 is 28.3 Å². The molecule has 0 saturated heterocycles. The van der Waals surface area contributed by atoms with E-state index in [-0.39, 0.29) is 18.1 Å². The van der Waals surface area contributed by atoms with Gasteiger partial charge < -0.3 is 10.4 Å². The van der Waals surface area contributed by atoms with Crippen LogP contribution in [0, 0.1) is 12.7 Å². The number of halogens is 1. The van der Waals surface area contributed by atoms with Crippen LogP contribution in [0.5, 0.6) is 0 Å². The number of aliphatic carboxylic acids is 1. The lowest BCUT2D eigenvalue weighted by Crippen LogP contribution is -2.10. The molecule has 0 aliphatic rings. The summed E-state index contributed by atoms with van der Waals surface area (Å²) in [7, 11) is 0. The average Bonchev–Trinajstić information content (AvgIpc) is 2.83. The van der Waals surface area contributed by atoms with Crippen LogP contribution >= 0.6 is 11.3 Å². The Hall–Kier alpha value is -2.28. The number of carbonyl (C=O) groups excluding carboxylic acids is 1. The molecule has 1 heterocycles. The number of benzene rings is 1. The number of carbonyl (C=O) groups is 2. The number of nitrogens with zero attached hydrogens (tertiary/aromatic N) is 1. The molecule has 7 heteroatoms. The lowest BCUT2D eigenvalue weighted by molar-refractivity contribution is -0.136. The van der Waals surface area contributed by atoms with Crippen molar-refractivity contribution in [2.24, 2.45) is 0 Å². The average molecular weight is 336 g/mol. The highest BCUT2D eigenvalue weighted by atomic mass is 32.1. The highest BCUT2D eigenvalue weighted by Gasteiger charge is 2.17. The van der Waals surface area contributed by atoms with Crippen LogP contribution in [0.15, 0.2) is 18.2 Å². The number of anilines is 1. The fraction of sp³-hybridized carbons (Fsp3) is 0.312. The Balaban J connectivity index is 2.39. The van der Waals surface area contributed by atoms with Crippen LogP contribution in [0.3, 0.4) is 0 Å². The van der Waals surface area contributed by atoms with Gasteiger partial charge in [-0.1, -0.05) is 6.92 Å². The van der Waals surface area contributed by atoms with Crippen LogP contribution in [-0.4, -0.2) is 22.0 Å². The largest absolute Gasteiger partial charge is 0.481 e. The third kappa shape index (κ3) is 4.35. The molecule has 1 aromatic heterocycles. The Kier molecular flexibility index (Phi) is 5.44. The number of carboxylic acid groups (broad SMARTS) is 1. The van der Waals surface area contributed by atoms with E-state index < -0.39 is 5.97 Å². The molecule has 0 radical (unpaired) electrons. The standard InChI is InChI=1S/C16H17FN2O3S/c1-3-4-13(20)18-16-19-15(12(23-16)8-14(21)22)10-5-6-11(17)9(2)7-10/h5-7H,3-4,8H2,1-2H3,(H,21,22)(H,18,19,20). The van der Waals surface area contributed by atoms with Gasteiger partial charge in [-0.3, -0.25) is 9.59 Å². The number of aryl methyl sites for hydroxylation is 1. The van der Waals surface area contributed by atoms with E-state index in [2.05, 4.69) is 10.3 Å². The molecule has 2 aromatic rings. The topological polar surface area (TPSA) is 79.3 Å². The first kappa shape index (κ1) is 17.1. The third-order valence-electron chi connectivity index (χ3n) is 3.16.